The number of ether oxygens (including phenoxy) is 1. The number of para-hydroxylation sites is 1. The zero-order valence-corrected chi connectivity index (χ0v) is 19.5. The van der Waals surface area contributed by atoms with E-state index in [1.165, 1.54) is 103 Å². The van der Waals surface area contributed by atoms with Gasteiger partial charge in [0, 0.05) is 0 Å². The third-order valence-electron chi connectivity index (χ3n) is 5.79. The van der Waals surface area contributed by atoms with E-state index in [0.29, 0.717) is 11.9 Å². The number of benzene rings is 1. The van der Waals surface area contributed by atoms with Gasteiger partial charge in [0.25, 0.3) is 0 Å². The fourth-order valence-electron chi connectivity index (χ4n) is 3.68. The van der Waals surface area contributed by atoms with Crippen LogP contribution in [-0.4, -0.2) is 17.8 Å². The van der Waals surface area contributed by atoms with Crippen LogP contribution in [0.25, 0.3) is 0 Å². The van der Waals surface area contributed by atoms with E-state index in [2.05, 4.69) is 13.8 Å². The monoisotopic (exact) mass is 404 g/mol. The predicted molar refractivity (Wildman–Crippen MR) is 127 cm³/mol. The van der Waals surface area contributed by atoms with Gasteiger partial charge < -0.3 is 9.84 Å². The van der Waals surface area contributed by atoms with E-state index in [1.807, 2.05) is 18.2 Å². The zero-order valence-electron chi connectivity index (χ0n) is 19.5. The molecule has 1 unspecified atom stereocenters. The number of aromatic hydroxyl groups is 1. The van der Waals surface area contributed by atoms with Crippen LogP contribution in [0.3, 0.4) is 0 Å². The first-order valence-electron chi connectivity index (χ1n) is 12.6. The number of phenols is 1. The molecule has 2 heteroatoms. The summed E-state index contributed by atoms with van der Waals surface area (Å²) in [7, 11) is 0. The molecule has 1 aromatic carbocycles. The largest absolute Gasteiger partial charge is 0.508 e. The first-order chi connectivity index (χ1) is 14.2. The van der Waals surface area contributed by atoms with Crippen LogP contribution in [-0.2, 0) is 11.2 Å². The van der Waals surface area contributed by atoms with Gasteiger partial charge >= 0.3 is 0 Å². The third-order valence-corrected chi connectivity index (χ3v) is 5.79. The smallest absolute Gasteiger partial charge is 0.118 e. The molecule has 0 aromatic heterocycles. The molecule has 1 heterocycles. The zero-order chi connectivity index (χ0) is 21.0. The van der Waals surface area contributed by atoms with Crippen molar-refractivity contribution in [3.8, 4) is 5.75 Å². The fraction of sp³-hybridized carbons (Fsp3) is 0.778. The average Bonchev–Trinajstić information content (AvgIpc) is 3.51. The standard InChI is InChI=1S/C24H42O.C3H6O/c1-2-3-4-5-6-7-8-9-10-11-12-13-14-15-16-17-20-23-21-18-19-22-24(23)25;1-3-2-4-3/h18-19,21-22,25H,2-17,20H2,1H3;3H,2H2,1H3. The molecule has 1 aliphatic rings. The summed E-state index contributed by atoms with van der Waals surface area (Å²) >= 11 is 0. The first kappa shape index (κ1) is 26.0. The van der Waals surface area contributed by atoms with Gasteiger partial charge in [-0.05, 0) is 31.4 Å². The van der Waals surface area contributed by atoms with Crippen molar-refractivity contribution in [2.75, 3.05) is 6.61 Å². The van der Waals surface area contributed by atoms with Crippen molar-refractivity contribution in [3.63, 3.8) is 0 Å². The Morgan fingerprint density at radius 3 is 1.48 bits per heavy atom. The van der Waals surface area contributed by atoms with Gasteiger partial charge in [0.2, 0.25) is 0 Å². The molecule has 1 saturated heterocycles. The van der Waals surface area contributed by atoms with E-state index >= 15 is 0 Å². The maximum absolute atomic E-state index is 9.74. The number of aryl methyl sites for hydroxylation is 1. The van der Waals surface area contributed by atoms with Crippen LogP contribution in [0.1, 0.15) is 122 Å². The number of hydrogen-bond donors (Lipinski definition) is 1. The molecule has 1 fully saturated rings. The van der Waals surface area contributed by atoms with Crippen molar-refractivity contribution < 1.29 is 9.84 Å². The number of hydrogen-bond acceptors (Lipinski definition) is 2. The van der Waals surface area contributed by atoms with Crippen LogP contribution in [0.4, 0.5) is 0 Å². The minimum Gasteiger partial charge on any atom is -0.508 e. The lowest BCUT2D eigenvalue weighted by Gasteiger charge is -2.05. The molecule has 168 valence electrons. The molecule has 2 rings (SSSR count). The van der Waals surface area contributed by atoms with E-state index < -0.39 is 0 Å². The van der Waals surface area contributed by atoms with Crippen molar-refractivity contribution in [2.45, 2.75) is 129 Å². The Hall–Kier alpha value is -1.02. The van der Waals surface area contributed by atoms with Crippen LogP contribution in [0.15, 0.2) is 24.3 Å². The Kier molecular flexibility index (Phi) is 17.0. The van der Waals surface area contributed by atoms with E-state index in [1.54, 1.807) is 6.07 Å². The van der Waals surface area contributed by atoms with E-state index in [-0.39, 0.29) is 0 Å². The Morgan fingerprint density at radius 1 is 0.724 bits per heavy atom. The Morgan fingerprint density at radius 2 is 1.10 bits per heavy atom. The van der Waals surface area contributed by atoms with Gasteiger partial charge in [-0.15, -0.1) is 0 Å². The van der Waals surface area contributed by atoms with Gasteiger partial charge in [-0.1, -0.05) is 121 Å². The van der Waals surface area contributed by atoms with Crippen molar-refractivity contribution in [1.29, 1.82) is 0 Å². The van der Waals surface area contributed by atoms with Crippen molar-refractivity contribution >= 4 is 0 Å². The highest BCUT2D eigenvalue weighted by Crippen LogP contribution is 2.19. The normalized spacial score (nSPS) is 15.0. The molecule has 0 bridgehead atoms. The van der Waals surface area contributed by atoms with Crippen LogP contribution < -0.4 is 0 Å². The fourth-order valence-corrected chi connectivity index (χ4v) is 3.68. The van der Waals surface area contributed by atoms with Gasteiger partial charge in [0.15, 0.2) is 0 Å². The molecule has 1 aliphatic heterocycles. The molecule has 1 aromatic rings. The molecule has 1 atom stereocenters. The molecule has 0 amide bonds. The van der Waals surface area contributed by atoms with Gasteiger partial charge in [0.05, 0.1) is 12.7 Å². The van der Waals surface area contributed by atoms with Crippen molar-refractivity contribution in [1.82, 2.24) is 0 Å². The van der Waals surface area contributed by atoms with Gasteiger partial charge in [-0.25, -0.2) is 0 Å². The molecular formula is C27H48O2. The summed E-state index contributed by atoms with van der Waals surface area (Å²) in [5, 5.41) is 9.74. The predicted octanol–water partition coefficient (Wildman–Crippen LogP) is 8.60. The summed E-state index contributed by atoms with van der Waals surface area (Å²) in [4.78, 5) is 0. The highest BCUT2D eigenvalue weighted by atomic mass is 16.6. The number of unbranched alkanes of at least 4 members (excludes halogenated alkanes) is 15. The van der Waals surface area contributed by atoms with E-state index in [0.717, 1.165) is 18.6 Å². The Balaban J connectivity index is 0.000000929. The summed E-state index contributed by atoms with van der Waals surface area (Å²) in [5.41, 5.74) is 1.10. The van der Waals surface area contributed by atoms with Crippen molar-refractivity contribution in [3.05, 3.63) is 29.8 Å². The second-order valence-electron chi connectivity index (χ2n) is 8.83. The summed E-state index contributed by atoms with van der Waals surface area (Å²) < 4.78 is 4.71. The van der Waals surface area contributed by atoms with E-state index in [9.17, 15) is 5.11 Å². The molecular weight excluding hydrogens is 356 g/mol. The number of rotatable bonds is 17. The number of epoxide rings is 1. The minimum atomic E-state index is 0.462. The summed E-state index contributed by atoms with van der Waals surface area (Å²) in [6, 6.07) is 7.75. The molecule has 0 saturated carbocycles. The molecule has 0 radical (unpaired) electrons. The molecule has 0 aliphatic carbocycles. The minimum absolute atomic E-state index is 0.462. The SMILES string of the molecule is CC1CO1.CCCCCCCCCCCCCCCCCCc1ccccc1O. The third kappa shape index (κ3) is 17.5. The lowest BCUT2D eigenvalue weighted by molar-refractivity contribution is 0.423. The Bertz CT molecular complexity index is 467. The molecule has 29 heavy (non-hydrogen) atoms. The topological polar surface area (TPSA) is 32.8 Å². The Labute approximate surface area is 181 Å². The molecule has 0 spiro atoms. The lowest BCUT2D eigenvalue weighted by atomic mass is 10.0. The maximum atomic E-state index is 9.74. The summed E-state index contributed by atoms with van der Waals surface area (Å²) in [6.07, 6.45) is 24.1. The van der Waals surface area contributed by atoms with Gasteiger partial charge in [-0.2, -0.15) is 0 Å². The van der Waals surface area contributed by atoms with Crippen LogP contribution in [0, 0.1) is 0 Å². The lowest BCUT2D eigenvalue weighted by Crippen LogP contribution is -1.87. The second kappa shape index (κ2) is 19.0. The summed E-state index contributed by atoms with van der Waals surface area (Å²) in [5.74, 6) is 0.462. The highest BCUT2D eigenvalue weighted by Gasteiger charge is 2.13. The quantitative estimate of drug-likeness (QED) is 0.208. The van der Waals surface area contributed by atoms with Crippen molar-refractivity contribution in [2.24, 2.45) is 0 Å². The number of phenolic OH excluding ortho intramolecular Hbond substituents is 1. The van der Waals surface area contributed by atoms with E-state index in [4.69, 9.17) is 4.74 Å². The molecule has 1 N–H and O–H groups in total. The van der Waals surface area contributed by atoms with Crippen LogP contribution in [0.2, 0.25) is 0 Å². The highest BCUT2D eigenvalue weighted by molar-refractivity contribution is 5.31. The molecule has 2 nitrogen and oxygen atoms in total. The van der Waals surface area contributed by atoms with Gasteiger partial charge in [-0.3, -0.25) is 0 Å². The first-order valence-corrected chi connectivity index (χ1v) is 12.6. The van der Waals surface area contributed by atoms with Crippen LogP contribution in [0.5, 0.6) is 5.75 Å². The second-order valence-corrected chi connectivity index (χ2v) is 8.83. The maximum Gasteiger partial charge on any atom is 0.118 e. The van der Waals surface area contributed by atoms with Crippen LogP contribution >= 0.6 is 0 Å². The van der Waals surface area contributed by atoms with Gasteiger partial charge in [0.1, 0.15) is 5.75 Å². The summed E-state index contributed by atoms with van der Waals surface area (Å²) in [6.45, 7) is 5.33. The average molecular weight is 405 g/mol.